The summed E-state index contributed by atoms with van der Waals surface area (Å²) in [5, 5.41) is 10.4. The molecule has 0 atom stereocenters. The maximum atomic E-state index is 10.4. The molecule has 0 radical (unpaired) electrons. The van der Waals surface area contributed by atoms with Gasteiger partial charge in [-0.05, 0) is 24.1 Å². The molecule has 0 saturated heterocycles. The Kier molecular flexibility index (Phi) is 5.47. The van der Waals surface area contributed by atoms with Gasteiger partial charge in [0.1, 0.15) is 11.5 Å². The molecule has 0 amide bonds. The molecule has 3 heteroatoms. The average molecular weight is 331 g/mol. The van der Waals surface area contributed by atoms with E-state index < -0.39 is 0 Å². The molecule has 3 aromatic carbocycles. The van der Waals surface area contributed by atoms with Crippen molar-refractivity contribution in [3.05, 3.63) is 95.6 Å². The number of aromatic hydroxyl groups is 1. The van der Waals surface area contributed by atoms with Crippen LogP contribution in [-0.2, 0) is 6.42 Å². The Balaban J connectivity index is 1.92. The zero-order valence-electron chi connectivity index (χ0n) is 14.2. The molecular formula is C22H21NO2. The standard InChI is InChI=1S/C22H21NO2/c1-25-19-12-13-20(21(24)16-19)22(18-10-6-3-7-11-18)23-15-14-17-8-4-2-5-9-17/h2-13,16,24H,14-15H2,1H3. The highest BCUT2D eigenvalue weighted by Crippen LogP contribution is 2.26. The summed E-state index contributed by atoms with van der Waals surface area (Å²) in [6, 6.07) is 25.5. The molecule has 0 saturated carbocycles. The molecule has 3 aromatic rings. The lowest BCUT2D eigenvalue weighted by molar-refractivity contribution is 0.407. The predicted octanol–water partition coefficient (Wildman–Crippen LogP) is 4.48. The third-order valence-electron chi connectivity index (χ3n) is 4.02. The molecule has 1 N–H and O–H groups in total. The maximum absolute atomic E-state index is 10.4. The minimum absolute atomic E-state index is 0.168. The highest BCUT2D eigenvalue weighted by molar-refractivity contribution is 6.14. The second-order valence-corrected chi connectivity index (χ2v) is 5.72. The minimum atomic E-state index is 0.168. The van der Waals surface area contributed by atoms with Crippen LogP contribution in [0.5, 0.6) is 11.5 Å². The van der Waals surface area contributed by atoms with E-state index in [0.717, 1.165) is 17.7 Å². The van der Waals surface area contributed by atoms with Gasteiger partial charge in [0.25, 0.3) is 0 Å². The van der Waals surface area contributed by atoms with Gasteiger partial charge in [0, 0.05) is 23.7 Å². The summed E-state index contributed by atoms with van der Waals surface area (Å²) in [7, 11) is 1.58. The number of ether oxygens (including phenoxy) is 1. The lowest BCUT2D eigenvalue weighted by Crippen LogP contribution is -2.06. The van der Waals surface area contributed by atoms with Gasteiger partial charge >= 0.3 is 0 Å². The van der Waals surface area contributed by atoms with Crippen molar-refractivity contribution in [2.45, 2.75) is 6.42 Å². The van der Waals surface area contributed by atoms with E-state index in [0.29, 0.717) is 17.9 Å². The quantitative estimate of drug-likeness (QED) is 0.677. The van der Waals surface area contributed by atoms with Gasteiger partial charge < -0.3 is 9.84 Å². The Labute approximate surface area is 148 Å². The summed E-state index contributed by atoms with van der Waals surface area (Å²) >= 11 is 0. The fourth-order valence-electron chi connectivity index (χ4n) is 2.71. The highest BCUT2D eigenvalue weighted by atomic mass is 16.5. The van der Waals surface area contributed by atoms with Crippen LogP contribution in [0.15, 0.2) is 83.9 Å². The van der Waals surface area contributed by atoms with Crippen LogP contribution in [0.4, 0.5) is 0 Å². The Hall–Kier alpha value is -3.07. The van der Waals surface area contributed by atoms with Crippen molar-refractivity contribution in [1.29, 1.82) is 0 Å². The summed E-state index contributed by atoms with van der Waals surface area (Å²) in [6.45, 7) is 0.652. The molecule has 3 nitrogen and oxygen atoms in total. The Morgan fingerprint density at radius 2 is 1.60 bits per heavy atom. The topological polar surface area (TPSA) is 41.8 Å². The molecule has 0 aliphatic heterocycles. The fourth-order valence-corrected chi connectivity index (χ4v) is 2.71. The van der Waals surface area contributed by atoms with Crippen LogP contribution in [-0.4, -0.2) is 24.5 Å². The van der Waals surface area contributed by atoms with Gasteiger partial charge in [-0.1, -0.05) is 60.7 Å². The molecule has 25 heavy (non-hydrogen) atoms. The van der Waals surface area contributed by atoms with Crippen molar-refractivity contribution < 1.29 is 9.84 Å². The largest absolute Gasteiger partial charge is 0.507 e. The number of hydrogen-bond donors (Lipinski definition) is 1. The first-order valence-electron chi connectivity index (χ1n) is 8.29. The van der Waals surface area contributed by atoms with Crippen LogP contribution in [0.2, 0.25) is 0 Å². The number of aliphatic imine (C=N–C) groups is 1. The van der Waals surface area contributed by atoms with E-state index in [2.05, 4.69) is 12.1 Å². The Bertz CT molecular complexity index is 842. The predicted molar refractivity (Wildman–Crippen MR) is 102 cm³/mol. The van der Waals surface area contributed by atoms with E-state index in [-0.39, 0.29) is 5.75 Å². The van der Waals surface area contributed by atoms with E-state index in [1.54, 1.807) is 13.2 Å². The maximum Gasteiger partial charge on any atom is 0.128 e. The van der Waals surface area contributed by atoms with Gasteiger partial charge in [0.2, 0.25) is 0 Å². The van der Waals surface area contributed by atoms with Crippen LogP contribution in [0.1, 0.15) is 16.7 Å². The second-order valence-electron chi connectivity index (χ2n) is 5.72. The van der Waals surface area contributed by atoms with Gasteiger partial charge in [0.15, 0.2) is 0 Å². The normalized spacial score (nSPS) is 11.3. The summed E-state index contributed by atoms with van der Waals surface area (Å²) < 4.78 is 5.17. The monoisotopic (exact) mass is 331 g/mol. The van der Waals surface area contributed by atoms with E-state index >= 15 is 0 Å². The van der Waals surface area contributed by atoms with Crippen LogP contribution >= 0.6 is 0 Å². The summed E-state index contributed by atoms with van der Waals surface area (Å²) in [5.74, 6) is 0.791. The smallest absolute Gasteiger partial charge is 0.128 e. The number of nitrogens with zero attached hydrogens (tertiary/aromatic N) is 1. The SMILES string of the molecule is COc1ccc(C(=NCCc2ccccc2)c2ccccc2)c(O)c1. The van der Waals surface area contributed by atoms with Gasteiger partial charge in [-0.25, -0.2) is 0 Å². The van der Waals surface area contributed by atoms with Crippen LogP contribution in [0.3, 0.4) is 0 Å². The van der Waals surface area contributed by atoms with Gasteiger partial charge in [-0.15, -0.1) is 0 Å². The van der Waals surface area contributed by atoms with Crippen molar-refractivity contribution in [2.24, 2.45) is 4.99 Å². The molecule has 3 rings (SSSR count). The third kappa shape index (κ3) is 4.27. The molecule has 0 aromatic heterocycles. The van der Waals surface area contributed by atoms with Crippen LogP contribution in [0.25, 0.3) is 0 Å². The molecule has 0 unspecified atom stereocenters. The van der Waals surface area contributed by atoms with Gasteiger partial charge in [0.05, 0.1) is 12.8 Å². The molecule has 0 bridgehead atoms. The third-order valence-corrected chi connectivity index (χ3v) is 4.02. The lowest BCUT2D eigenvalue weighted by atomic mass is 10.0. The van der Waals surface area contributed by atoms with E-state index in [1.807, 2.05) is 60.7 Å². The molecule has 0 aliphatic rings. The van der Waals surface area contributed by atoms with Crippen molar-refractivity contribution in [1.82, 2.24) is 0 Å². The highest BCUT2D eigenvalue weighted by Gasteiger charge is 2.12. The molecule has 0 heterocycles. The number of phenols is 1. The fraction of sp³-hybridized carbons (Fsp3) is 0.136. The zero-order valence-corrected chi connectivity index (χ0v) is 14.2. The van der Waals surface area contributed by atoms with E-state index in [4.69, 9.17) is 9.73 Å². The second kappa shape index (κ2) is 8.15. The Morgan fingerprint density at radius 3 is 2.24 bits per heavy atom. The van der Waals surface area contributed by atoms with Crippen LogP contribution < -0.4 is 4.74 Å². The molecule has 0 fully saturated rings. The number of rotatable bonds is 6. The lowest BCUT2D eigenvalue weighted by Gasteiger charge is -2.11. The summed E-state index contributed by atoms with van der Waals surface area (Å²) in [4.78, 5) is 4.79. The first kappa shape index (κ1) is 16.8. The minimum Gasteiger partial charge on any atom is -0.507 e. The Morgan fingerprint density at radius 1 is 0.920 bits per heavy atom. The molecule has 0 spiro atoms. The van der Waals surface area contributed by atoms with Crippen molar-refractivity contribution in [3.63, 3.8) is 0 Å². The van der Waals surface area contributed by atoms with Gasteiger partial charge in [-0.2, -0.15) is 0 Å². The zero-order chi connectivity index (χ0) is 17.5. The summed E-state index contributed by atoms with van der Waals surface area (Å²) in [5.41, 5.74) is 3.73. The number of methoxy groups -OCH3 is 1. The molecular weight excluding hydrogens is 310 g/mol. The molecule has 126 valence electrons. The number of phenolic OH excluding ortho intramolecular Hbond substituents is 1. The first-order chi connectivity index (χ1) is 12.3. The van der Waals surface area contributed by atoms with Crippen molar-refractivity contribution in [3.8, 4) is 11.5 Å². The number of benzene rings is 3. The van der Waals surface area contributed by atoms with Crippen molar-refractivity contribution >= 4 is 5.71 Å². The first-order valence-corrected chi connectivity index (χ1v) is 8.29. The van der Waals surface area contributed by atoms with E-state index in [1.165, 1.54) is 5.56 Å². The number of hydrogen-bond acceptors (Lipinski definition) is 3. The average Bonchev–Trinajstić information content (AvgIpc) is 2.67. The molecule has 0 aliphatic carbocycles. The summed E-state index contributed by atoms with van der Waals surface area (Å²) in [6.07, 6.45) is 0.855. The van der Waals surface area contributed by atoms with Gasteiger partial charge in [-0.3, -0.25) is 4.99 Å². The van der Waals surface area contributed by atoms with Crippen molar-refractivity contribution in [2.75, 3.05) is 13.7 Å². The van der Waals surface area contributed by atoms with Crippen LogP contribution in [0, 0.1) is 0 Å². The van der Waals surface area contributed by atoms with E-state index in [9.17, 15) is 5.11 Å².